The number of carboxylic acids is 3. The molecular weight excluding hydrogens is 765 g/mol. The zero-order valence-corrected chi connectivity index (χ0v) is 33.5. The van der Waals surface area contributed by atoms with Gasteiger partial charge >= 0.3 is 17.9 Å². The highest BCUT2D eigenvalue weighted by Crippen LogP contribution is 2.16. The van der Waals surface area contributed by atoms with E-state index in [9.17, 15) is 39.3 Å². The van der Waals surface area contributed by atoms with E-state index >= 15 is 0 Å². The van der Waals surface area contributed by atoms with Crippen LogP contribution in [-0.2, 0) is 24.0 Å². The predicted molar refractivity (Wildman–Crippen MR) is 216 cm³/mol. The fourth-order valence-corrected chi connectivity index (χ4v) is 6.50. The van der Waals surface area contributed by atoms with Gasteiger partial charge in [0.05, 0.1) is 38.1 Å². The van der Waals surface area contributed by atoms with Gasteiger partial charge in [0, 0.05) is 71.5 Å². The van der Waals surface area contributed by atoms with Crippen molar-refractivity contribution in [2.24, 2.45) is 0 Å². The Labute approximate surface area is 343 Å². The summed E-state index contributed by atoms with van der Waals surface area (Å²) in [6.07, 6.45) is 11.4. The summed E-state index contributed by atoms with van der Waals surface area (Å²) in [5, 5.41) is 50.4. The van der Waals surface area contributed by atoms with Gasteiger partial charge in [-0.15, -0.1) is 20.4 Å². The third-order valence-corrected chi connectivity index (χ3v) is 9.68. The molecule has 0 aliphatic carbocycles. The van der Waals surface area contributed by atoms with Gasteiger partial charge in [0.15, 0.2) is 0 Å². The van der Waals surface area contributed by atoms with Crippen LogP contribution in [-0.4, -0.2) is 180 Å². The third-order valence-electron chi connectivity index (χ3n) is 9.68. The number of aliphatic carboxylic acids is 3. The summed E-state index contributed by atoms with van der Waals surface area (Å²) in [7, 11) is 0. The Morgan fingerprint density at radius 1 is 0.525 bits per heavy atom. The van der Waals surface area contributed by atoms with Crippen molar-refractivity contribution in [3.63, 3.8) is 0 Å². The van der Waals surface area contributed by atoms with Crippen LogP contribution in [0.4, 0.5) is 5.69 Å². The average Bonchev–Trinajstić information content (AvgIpc) is 3.21. The number of hydrogen-bond donors (Lipinski definition) is 5. The van der Waals surface area contributed by atoms with Crippen molar-refractivity contribution < 1.29 is 39.3 Å². The lowest BCUT2D eigenvalue weighted by molar-refractivity contribution is -0.140. The molecule has 0 radical (unpaired) electrons. The van der Waals surface area contributed by atoms with Crippen molar-refractivity contribution in [3.05, 3.63) is 42.7 Å². The van der Waals surface area contributed by atoms with Crippen LogP contribution in [0.1, 0.15) is 57.8 Å². The highest BCUT2D eigenvalue weighted by Gasteiger charge is 2.21. The number of carbonyl (C=O) groups is 5. The zero-order chi connectivity index (χ0) is 42.2. The molecule has 0 atom stereocenters. The number of nitrogens with one attached hydrogen (secondary N) is 2. The first-order valence-corrected chi connectivity index (χ1v) is 20.1. The van der Waals surface area contributed by atoms with Crippen LogP contribution < -0.4 is 10.6 Å². The molecule has 2 amide bonds. The van der Waals surface area contributed by atoms with Crippen LogP contribution in [0, 0.1) is 0 Å². The van der Waals surface area contributed by atoms with Crippen molar-refractivity contribution in [2.45, 2.75) is 57.8 Å². The molecule has 59 heavy (non-hydrogen) atoms. The number of carboxylic acid groups (broad SMARTS) is 3. The maximum atomic E-state index is 12.9. The predicted octanol–water partition coefficient (Wildman–Crippen LogP) is 1.43. The maximum absolute atomic E-state index is 12.9. The lowest BCUT2D eigenvalue weighted by Crippen LogP contribution is -2.49. The molecule has 20 nitrogen and oxygen atoms in total. The Hall–Kier alpha value is -5.57. The van der Waals surface area contributed by atoms with Crippen LogP contribution in [0.3, 0.4) is 0 Å². The van der Waals surface area contributed by atoms with E-state index in [1.807, 2.05) is 11.0 Å². The van der Waals surface area contributed by atoms with Crippen LogP contribution in [0.5, 0.6) is 0 Å². The molecule has 0 unspecified atom stereocenters. The van der Waals surface area contributed by atoms with Gasteiger partial charge in [0.25, 0.3) is 0 Å². The fourth-order valence-electron chi connectivity index (χ4n) is 6.50. The van der Waals surface area contributed by atoms with E-state index in [1.54, 1.807) is 51.4 Å². The molecule has 1 aliphatic rings. The van der Waals surface area contributed by atoms with Crippen molar-refractivity contribution in [3.8, 4) is 23.0 Å². The summed E-state index contributed by atoms with van der Waals surface area (Å²) >= 11 is 0. The number of amides is 2. The lowest BCUT2D eigenvalue weighted by atomic mass is 10.1. The van der Waals surface area contributed by atoms with Gasteiger partial charge in [-0.2, -0.15) is 0 Å². The van der Waals surface area contributed by atoms with Gasteiger partial charge in [-0.3, -0.25) is 53.5 Å². The molecule has 1 aliphatic heterocycles. The van der Waals surface area contributed by atoms with Gasteiger partial charge in [-0.25, -0.2) is 0 Å². The van der Waals surface area contributed by atoms with E-state index in [-0.39, 0.29) is 43.8 Å². The number of carbonyl (C=O) groups excluding carboxylic acids is 2. The van der Waals surface area contributed by atoms with Crippen molar-refractivity contribution in [1.29, 1.82) is 0 Å². The minimum Gasteiger partial charge on any atom is -0.480 e. The van der Waals surface area contributed by atoms with Crippen LogP contribution in [0.15, 0.2) is 42.7 Å². The van der Waals surface area contributed by atoms with E-state index in [2.05, 4.69) is 41.0 Å². The molecule has 20 heteroatoms. The van der Waals surface area contributed by atoms with E-state index < -0.39 is 17.9 Å². The largest absolute Gasteiger partial charge is 0.480 e. The monoisotopic (exact) mass is 820 g/mol. The summed E-state index contributed by atoms with van der Waals surface area (Å²) < 4.78 is 0. The smallest absolute Gasteiger partial charge is 0.317 e. The molecule has 3 aromatic rings. The van der Waals surface area contributed by atoms with E-state index in [4.69, 9.17) is 0 Å². The molecule has 1 fully saturated rings. The summed E-state index contributed by atoms with van der Waals surface area (Å²) in [5.74, 6) is -2.64. The Kier molecular flexibility index (Phi) is 20.1. The SMILES string of the molecule is O=C(O)CN1CCN(CC(=O)O)CCN(CC(=O)NCCCCCCCCCCC(=O)Nc2ccc(-c3nnc(-c4ccccn4)nn3)nc2)CCN(CC(=O)O)CC1. The quantitative estimate of drug-likeness (QED) is 0.0898. The Morgan fingerprint density at radius 2 is 0.983 bits per heavy atom. The number of aromatic nitrogens is 6. The molecule has 0 saturated carbocycles. The summed E-state index contributed by atoms with van der Waals surface area (Å²) in [5.41, 5.74) is 1.63. The lowest BCUT2D eigenvalue weighted by Gasteiger charge is -2.32. The zero-order valence-electron chi connectivity index (χ0n) is 33.5. The molecule has 0 bridgehead atoms. The number of pyridine rings is 2. The van der Waals surface area contributed by atoms with Crippen LogP contribution in [0.25, 0.3) is 23.0 Å². The second-order valence-electron chi connectivity index (χ2n) is 14.5. The third kappa shape index (κ3) is 18.7. The maximum Gasteiger partial charge on any atom is 0.317 e. The van der Waals surface area contributed by atoms with Crippen molar-refractivity contribution in [1.82, 2.24) is 55.3 Å². The molecular formula is C39H56N12O8. The normalized spacial score (nSPS) is 15.1. The van der Waals surface area contributed by atoms with Gasteiger partial charge in [0.1, 0.15) is 11.4 Å². The highest BCUT2D eigenvalue weighted by atomic mass is 16.4. The molecule has 0 aromatic carbocycles. The summed E-state index contributed by atoms with van der Waals surface area (Å²) in [4.78, 5) is 75.3. The molecule has 4 heterocycles. The molecule has 320 valence electrons. The Balaban J connectivity index is 1.06. The minimum absolute atomic E-state index is 0.0737. The number of rotatable bonds is 22. The second kappa shape index (κ2) is 25.7. The average molecular weight is 821 g/mol. The molecule has 0 spiro atoms. The van der Waals surface area contributed by atoms with Crippen molar-refractivity contribution >= 4 is 35.4 Å². The van der Waals surface area contributed by atoms with Gasteiger partial charge < -0.3 is 26.0 Å². The van der Waals surface area contributed by atoms with Gasteiger partial charge in [0.2, 0.25) is 23.5 Å². The van der Waals surface area contributed by atoms with E-state index in [0.717, 1.165) is 51.4 Å². The molecule has 1 saturated heterocycles. The van der Waals surface area contributed by atoms with Crippen LogP contribution in [0.2, 0.25) is 0 Å². The first-order valence-electron chi connectivity index (χ1n) is 20.1. The minimum atomic E-state index is -1.01. The fraction of sp³-hybridized carbons (Fsp3) is 0.564. The highest BCUT2D eigenvalue weighted by molar-refractivity contribution is 5.90. The number of unbranched alkanes of at least 4 members (excludes halogenated alkanes) is 7. The number of hydrogen-bond acceptors (Lipinski definition) is 15. The first-order chi connectivity index (χ1) is 28.5. The van der Waals surface area contributed by atoms with Gasteiger partial charge in [-0.1, -0.05) is 44.6 Å². The number of anilines is 1. The summed E-state index contributed by atoms with van der Waals surface area (Å²) in [6.45, 7) is 2.78. The Bertz CT molecular complexity index is 1720. The molecule has 5 N–H and O–H groups in total. The van der Waals surface area contributed by atoms with Crippen LogP contribution >= 0.6 is 0 Å². The number of nitrogens with zero attached hydrogens (tertiary/aromatic N) is 10. The second-order valence-corrected chi connectivity index (χ2v) is 14.5. The first kappa shape index (κ1) is 46.1. The Morgan fingerprint density at radius 3 is 1.42 bits per heavy atom. The van der Waals surface area contributed by atoms with E-state index in [0.29, 0.717) is 88.2 Å². The summed E-state index contributed by atoms with van der Waals surface area (Å²) in [6, 6.07) is 8.83. The topological polar surface area (TPSA) is 260 Å². The van der Waals surface area contributed by atoms with Crippen molar-refractivity contribution in [2.75, 3.05) is 90.4 Å². The van der Waals surface area contributed by atoms with Gasteiger partial charge in [-0.05, 0) is 37.1 Å². The molecule has 3 aromatic heterocycles. The van der Waals surface area contributed by atoms with E-state index in [1.165, 1.54) is 0 Å². The molecule has 4 rings (SSSR count). The standard InChI is InChI=1S/C39H56N12O8/c52-33(43-30-13-14-32(42-25-30)39-46-44-38(45-47-39)31-11-8-10-15-40-31)12-7-5-3-1-2-4-6-9-16-41-34(53)26-48-17-19-49(27-35(54)55)21-23-51(29-37(58)59)24-22-50(20-18-48)28-36(56)57/h8,10-11,13-15,25H,1-7,9,12,16-24,26-29H2,(H,41,53)(H,43,52)(H,54,55)(H,56,57)(H,58,59).